The second-order valence-corrected chi connectivity index (χ2v) is 5.07. The Morgan fingerprint density at radius 1 is 1.28 bits per heavy atom. The van der Waals surface area contributed by atoms with Crippen molar-refractivity contribution in [1.29, 1.82) is 0 Å². The van der Waals surface area contributed by atoms with Gasteiger partial charge in [-0.1, -0.05) is 28.1 Å². The molecule has 0 aliphatic heterocycles. The highest BCUT2D eigenvalue weighted by molar-refractivity contribution is 9.10. The topological polar surface area (TPSA) is 33.1 Å². The average Bonchev–Trinajstić information content (AvgIpc) is 2.34. The molecule has 1 aromatic heterocycles. The predicted octanol–water partition coefficient (Wildman–Crippen LogP) is 3.13. The molecular formula is C14H13BrFNO. The molecule has 2 aromatic rings. The van der Waals surface area contributed by atoms with E-state index >= 15 is 0 Å². The van der Waals surface area contributed by atoms with Crippen molar-refractivity contribution in [2.45, 2.75) is 18.9 Å². The fourth-order valence-corrected chi connectivity index (χ4v) is 2.14. The van der Waals surface area contributed by atoms with Gasteiger partial charge >= 0.3 is 0 Å². The van der Waals surface area contributed by atoms with Gasteiger partial charge in [0.05, 0.1) is 6.10 Å². The van der Waals surface area contributed by atoms with Crippen LogP contribution in [0.5, 0.6) is 0 Å². The number of hydrogen-bond donors (Lipinski definition) is 1. The van der Waals surface area contributed by atoms with Crippen LogP contribution in [0.4, 0.5) is 4.39 Å². The van der Waals surface area contributed by atoms with E-state index in [9.17, 15) is 9.50 Å². The first-order valence-corrected chi connectivity index (χ1v) is 6.45. The summed E-state index contributed by atoms with van der Waals surface area (Å²) in [5.74, 6) is -0.297. The molecule has 0 aliphatic rings. The van der Waals surface area contributed by atoms with Gasteiger partial charge in [0.2, 0.25) is 0 Å². The van der Waals surface area contributed by atoms with Gasteiger partial charge < -0.3 is 5.11 Å². The van der Waals surface area contributed by atoms with Gasteiger partial charge in [-0.05, 0) is 29.3 Å². The monoisotopic (exact) mass is 309 g/mol. The highest BCUT2D eigenvalue weighted by Crippen LogP contribution is 2.17. The van der Waals surface area contributed by atoms with Crippen LogP contribution in [0.15, 0.2) is 47.2 Å². The first-order chi connectivity index (χ1) is 8.65. The molecule has 1 unspecified atom stereocenters. The molecule has 0 fully saturated rings. The van der Waals surface area contributed by atoms with E-state index < -0.39 is 6.10 Å². The summed E-state index contributed by atoms with van der Waals surface area (Å²) >= 11 is 3.21. The molecule has 94 valence electrons. The Morgan fingerprint density at radius 3 is 2.78 bits per heavy atom. The van der Waals surface area contributed by atoms with E-state index in [1.54, 1.807) is 24.5 Å². The average molecular weight is 310 g/mol. The van der Waals surface area contributed by atoms with Crippen molar-refractivity contribution in [3.8, 4) is 0 Å². The summed E-state index contributed by atoms with van der Waals surface area (Å²) in [6, 6.07) is 8.59. The van der Waals surface area contributed by atoms with E-state index in [1.165, 1.54) is 6.07 Å². The molecule has 0 radical (unpaired) electrons. The molecule has 1 heterocycles. The van der Waals surface area contributed by atoms with Crippen LogP contribution >= 0.6 is 15.9 Å². The fraction of sp³-hybridized carbons (Fsp3) is 0.214. The summed E-state index contributed by atoms with van der Waals surface area (Å²) in [6.07, 6.45) is 3.56. The van der Waals surface area contributed by atoms with Gasteiger partial charge in [-0.25, -0.2) is 4.39 Å². The summed E-state index contributed by atoms with van der Waals surface area (Å²) in [6.45, 7) is 0. The summed E-state index contributed by atoms with van der Waals surface area (Å²) in [7, 11) is 0. The largest absolute Gasteiger partial charge is 0.392 e. The van der Waals surface area contributed by atoms with Gasteiger partial charge in [-0.2, -0.15) is 0 Å². The van der Waals surface area contributed by atoms with E-state index in [1.807, 2.05) is 12.1 Å². The summed E-state index contributed by atoms with van der Waals surface area (Å²) < 4.78 is 14.3. The zero-order chi connectivity index (χ0) is 13.0. The quantitative estimate of drug-likeness (QED) is 0.941. The number of halogens is 2. The van der Waals surface area contributed by atoms with E-state index in [2.05, 4.69) is 20.9 Å². The molecule has 0 saturated heterocycles. The normalized spacial score (nSPS) is 12.4. The highest BCUT2D eigenvalue weighted by Gasteiger charge is 2.10. The minimum atomic E-state index is -0.607. The van der Waals surface area contributed by atoms with Crippen LogP contribution in [-0.2, 0) is 12.8 Å². The van der Waals surface area contributed by atoms with E-state index in [-0.39, 0.29) is 5.82 Å². The third kappa shape index (κ3) is 3.62. The number of aliphatic hydroxyl groups is 1. The van der Waals surface area contributed by atoms with Crippen molar-refractivity contribution in [3.05, 3.63) is 64.1 Å². The highest BCUT2D eigenvalue weighted by atomic mass is 79.9. The molecule has 1 aromatic carbocycles. The Labute approximate surface area is 114 Å². The minimum absolute atomic E-state index is 0.297. The molecule has 18 heavy (non-hydrogen) atoms. The molecule has 0 spiro atoms. The molecule has 2 nitrogen and oxygen atoms in total. The maximum absolute atomic E-state index is 13.6. The van der Waals surface area contributed by atoms with Gasteiger partial charge in [0.1, 0.15) is 5.82 Å². The Bertz CT molecular complexity index is 518. The number of aliphatic hydroxyl groups excluding tert-OH is 1. The van der Waals surface area contributed by atoms with Crippen molar-refractivity contribution in [3.63, 3.8) is 0 Å². The number of hydrogen-bond acceptors (Lipinski definition) is 2. The maximum Gasteiger partial charge on any atom is 0.127 e. The lowest BCUT2D eigenvalue weighted by Gasteiger charge is -2.11. The predicted molar refractivity (Wildman–Crippen MR) is 71.8 cm³/mol. The molecule has 1 atom stereocenters. The second kappa shape index (κ2) is 6.07. The van der Waals surface area contributed by atoms with Crippen LogP contribution in [-0.4, -0.2) is 16.2 Å². The standard InChI is InChI=1S/C14H13BrFNO/c15-12-4-3-11(14(16)8-12)7-13(18)6-10-2-1-5-17-9-10/h1-5,8-9,13,18H,6-7H2. The fourth-order valence-electron chi connectivity index (χ4n) is 1.80. The molecule has 0 aliphatic carbocycles. The number of aromatic nitrogens is 1. The van der Waals surface area contributed by atoms with E-state index in [0.29, 0.717) is 22.9 Å². The first kappa shape index (κ1) is 13.2. The van der Waals surface area contributed by atoms with Crippen LogP contribution in [0.1, 0.15) is 11.1 Å². The zero-order valence-corrected chi connectivity index (χ0v) is 11.3. The molecular weight excluding hydrogens is 297 g/mol. The Balaban J connectivity index is 2.01. The van der Waals surface area contributed by atoms with Gasteiger partial charge in [0.25, 0.3) is 0 Å². The van der Waals surface area contributed by atoms with Crippen molar-refractivity contribution < 1.29 is 9.50 Å². The van der Waals surface area contributed by atoms with Gasteiger partial charge in [-0.3, -0.25) is 4.98 Å². The lowest BCUT2D eigenvalue weighted by atomic mass is 10.0. The van der Waals surface area contributed by atoms with Crippen LogP contribution in [0, 0.1) is 5.82 Å². The molecule has 0 amide bonds. The summed E-state index contributed by atoms with van der Waals surface area (Å²) in [4.78, 5) is 3.98. The van der Waals surface area contributed by atoms with E-state index in [4.69, 9.17) is 0 Å². The van der Waals surface area contributed by atoms with Gasteiger partial charge in [0.15, 0.2) is 0 Å². The maximum atomic E-state index is 13.6. The molecule has 0 saturated carbocycles. The second-order valence-electron chi connectivity index (χ2n) is 4.16. The van der Waals surface area contributed by atoms with Gasteiger partial charge in [-0.15, -0.1) is 0 Å². The summed E-state index contributed by atoms with van der Waals surface area (Å²) in [5.41, 5.74) is 1.47. The number of rotatable bonds is 4. The third-order valence-electron chi connectivity index (χ3n) is 2.66. The lowest BCUT2D eigenvalue weighted by molar-refractivity contribution is 0.174. The Morgan fingerprint density at radius 2 is 2.11 bits per heavy atom. The molecule has 1 N–H and O–H groups in total. The number of benzene rings is 1. The van der Waals surface area contributed by atoms with E-state index in [0.717, 1.165) is 5.56 Å². The molecule has 0 bridgehead atoms. The SMILES string of the molecule is OC(Cc1cccnc1)Cc1ccc(Br)cc1F. The van der Waals surface area contributed by atoms with Gasteiger partial charge in [0, 0.05) is 29.7 Å². The van der Waals surface area contributed by atoms with Crippen molar-refractivity contribution in [2.75, 3.05) is 0 Å². The number of nitrogens with zero attached hydrogens (tertiary/aromatic N) is 1. The Hall–Kier alpha value is -1.26. The van der Waals surface area contributed by atoms with Crippen LogP contribution in [0.3, 0.4) is 0 Å². The van der Waals surface area contributed by atoms with Crippen molar-refractivity contribution >= 4 is 15.9 Å². The summed E-state index contributed by atoms with van der Waals surface area (Å²) in [5, 5.41) is 9.94. The van der Waals surface area contributed by atoms with Crippen molar-refractivity contribution in [1.82, 2.24) is 4.98 Å². The number of pyridine rings is 1. The third-order valence-corrected chi connectivity index (χ3v) is 3.16. The van der Waals surface area contributed by atoms with Crippen molar-refractivity contribution in [2.24, 2.45) is 0 Å². The van der Waals surface area contributed by atoms with Crippen LogP contribution < -0.4 is 0 Å². The minimum Gasteiger partial charge on any atom is -0.392 e. The molecule has 2 rings (SSSR count). The first-order valence-electron chi connectivity index (χ1n) is 5.66. The van der Waals surface area contributed by atoms with Crippen LogP contribution in [0.25, 0.3) is 0 Å². The van der Waals surface area contributed by atoms with Crippen LogP contribution in [0.2, 0.25) is 0 Å². The zero-order valence-electron chi connectivity index (χ0n) is 9.68. The Kier molecular flexibility index (Phi) is 4.44. The lowest BCUT2D eigenvalue weighted by Crippen LogP contribution is -2.14. The molecule has 4 heteroatoms. The smallest absolute Gasteiger partial charge is 0.127 e.